The summed E-state index contributed by atoms with van der Waals surface area (Å²) in [6, 6.07) is 17.9. The number of sulfonamides is 1. The van der Waals surface area contributed by atoms with E-state index in [2.05, 4.69) is 16.6 Å². The van der Waals surface area contributed by atoms with E-state index in [0.717, 1.165) is 5.56 Å². The molecule has 0 aliphatic rings. The first-order valence-corrected chi connectivity index (χ1v) is 11.2. The van der Waals surface area contributed by atoms with Crippen LogP contribution in [0.1, 0.15) is 15.9 Å². The lowest BCUT2D eigenvalue weighted by Crippen LogP contribution is -2.17. The number of halogens is 1. The van der Waals surface area contributed by atoms with Crippen molar-refractivity contribution in [2.45, 2.75) is 11.8 Å². The second kappa shape index (κ2) is 9.68. The van der Waals surface area contributed by atoms with Crippen LogP contribution in [0.15, 0.2) is 84.3 Å². The van der Waals surface area contributed by atoms with Crippen molar-refractivity contribution in [1.29, 1.82) is 0 Å². The standard InChI is InChI=1S/C23H21ClN2O4S/c1-3-14-30-19-11-9-18(10-12-19)25-23(27)17-8-13-20(24)22(15-17)31(28,29)26-21-7-5-4-6-16(21)2/h3-13,15,26H,1,14H2,2H3,(H,25,27). The molecule has 0 saturated heterocycles. The second-order valence-corrected chi connectivity index (χ2v) is 8.70. The van der Waals surface area contributed by atoms with Gasteiger partial charge in [-0.2, -0.15) is 0 Å². The Morgan fingerprint density at radius 3 is 2.48 bits per heavy atom. The van der Waals surface area contributed by atoms with E-state index in [4.69, 9.17) is 16.3 Å². The fourth-order valence-electron chi connectivity index (χ4n) is 2.73. The summed E-state index contributed by atoms with van der Waals surface area (Å²) < 4.78 is 33.7. The van der Waals surface area contributed by atoms with Gasteiger partial charge in [0.15, 0.2) is 0 Å². The van der Waals surface area contributed by atoms with Crippen molar-refractivity contribution in [3.05, 3.63) is 95.5 Å². The number of carbonyl (C=O) groups is 1. The fourth-order valence-corrected chi connectivity index (χ4v) is 4.39. The van der Waals surface area contributed by atoms with E-state index >= 15 is 0 Å². The Morgan fingerprint density at radius 2 is 1.81 bits per heavy atom. The Labute approximate surface area is 186 Å². The van der Waals surface area contributed by atoms with E-state index in [-0.39, 0.29) is 15.5 Å². The molecule has 3 aromatic rings. The van der Waals surface area contributed by atoms with Gasteiger partial charge in [-0.25, -0.2) is 8.42 Å². The van der Waals surface area contributed by atoms with Crippen LogP contribution in [0, 0.1) is 6.92 Å². The molecule has 0 bridgehead atoms. The van der Waals surface area contributed by atoms with Gasteiger partial charge in [0.25, 0.3) is 15.9 Å². The highest BCUT2D eigenvalue weighted by Gasteiger charge is 2.21. The van der Waals surface area contributed by atoms with E-state index in [0.29, 0.717) is 23.7 Å². The summed E-state index contributed by atoms with van der Waals surface area (Å²) >= 11 is 6.14. The molecule has 0 atom stereocenters. The quantitative estimate of drug-likeness (QED) is 0.452. The lowest BCUT2D eigenvalue weighted by atomic mass is 10.2. The van der Waals surface area contributed by atoms with E-state index in [1.165, 1.54) is 18.2 Å². The molecule has 0 aromatic heterocycles. The van der Waals surface area contributed by atoms with Crippen molar-refractivity contribution in [1.82, 2.24) is 0 Å². The predicted molar refractivity (Wildman–Crippen MR) is 124 cm³/mol. The number of para-hydroxylation sites is 1. The monoisotopic (exact) mass is 456 g/mol. The summed E-state index contributed by atoms with van der Waals surface area (Å²) in [6.07, 6.45) is 1.63. The Balaban J connectivity index is 1.80. The summed E-state index contributed by atoms with van der Waals surface area (Å²) in [6.45, 7) is 5.75. The molecule has 0 heterocycles. The molecule has 1 amide bonds. The lowest BCUT2D eigenvalue weighted by molar-refractivity contribution is 0.102. The molecule has 3 rings (SSSR count). The summed E-state index contributed by atoms with van der Waals surface area (Å²) in [4.78, 5) is 12.5. The first-order valence-electron chi connectivity index (χ1n) is 9.33. The number of nitrogens with one attached hydrogen (secondary N) is 2. The van der Waals surface area contributed by atoms with Crippen molar-refractivity contribution in [2.75, 3.05) is 16.6 Å². The topological polar surface area (TPSA) is 84.5 Å². The molecule has 0 saturated carbocycles. The van der Waals surface area contributed by atoms with Crippen LogP contribution in [0.25, 0.3) is 0 Å². The predicted octanol–water partition coefficient (Wildman–Crippen LogP) is 5.27. The zero-order valence-corrected chi connectivity index (χ0v) is 18.3. The van der Waals surface area contributed by atoms with E-state index in [1.54, 1.807) is 55.5 Å². The largest absolute Gasteiger partial charge is 0.490 e. The molecule has 0 aliphatic carbocycles. The Morgan fingerprint density at radius 1 is 1.10 bits per heavy atom. The van der Waals surface area contributed by atoms with E-state index < -0.39 is 15.9 Å². The highest BCUT2D eigenvalue weighted by molar-refractivity contribution is 7.92. The number of amides is 1. The maximum atomic E-state index is 12.9. The number of hydrogen-bond acceptors (Lipinski definition) is 4. The van der Waals surface area contributed by atoms with Crippen LogP contribution in [0.3, 0.4) is 0 Å². The van der Waals surface area contributed by atoms with Gasteiger partial charge in [-0.05, 0) is 61.0 Å². The molecule has 0 spiro atoms. The minimum Gasteiger partial charge on any atom is -0.490 e. The van der Waals surface area contributed by atoms with Crippen molar-refractivity contribution in [3.8, 4) is 5.75 Å². The van der Waals surface area contributed by atoms with Crippen LogP contribution in [-0.4, -0.2) is 20.9 Å². The van der Waals surface area contributed by atoms with E-state index in [9.17, 15) is 13.2 Å². The van der Waals surface area contributed by atoms with Gasteiger partial charge in [0.1, 0.15) is 17.3 Å². The number of anilines is 2. The molecular weight excluding hydrogens is 436 g/mol. The molecule has 0 aliphatic heterocycles. The molecule has 8 heteroatoms. The first kappa shape index (κ1) is 22.4. The normalized spacial score (nSPS) is 10.9. The van der Waals surface area contributed by atoms with Gasteiger partial charge >= 0.3 is 0 Å². The van der Waals surface area contributed by atoms with Crippen molar-refractivity contribution >= 4 is 38.9 Å². The van der Waals surface area contributed by atoms with Crippen LogP contribution in [-0.2, 0) is 10.0 Å². The lowest BCUT2D eigenvalue weighted by Gasteiger charge is -2.13. The van der Waals surface area contributed by atoms with Crippen LogP contribution in [0.5, 0.6) is 5.75 Å². The number of rotatable bonds is 8. The third-order valence-electron chi connectivity index (χ3n) is 4.35. The Hall–Kier alpha value is -3.29. The van der Waals surface area contributed by atoms with Gasteiger partial charge in [0.2, 0.25) is 0 Å². The number of benzene rings is 3. The molecule has 0 fully saturated rings. The van der Waals surface area contributed by atoms with Gasteiger partial charge in [0.05, 0.1) is 10.7 Å². The molecule has 2 N–H and O–H groups in total. The van der Waals surface area contributed by atoms with Crippen LogP contribution >= 0.6 is 11.6 Å². The first-order chi connectivity index (χ1) is 14.8. The molecule has 0 unspecified atom stereocenters. The highest BCUT2D eigenvalue weighted by Crippen LogP contribution is 2.27. The average Bonchev–Trinajstić information content (AvgIpc) is 2.75. The Kier molecular flexibility index (Phi) is 6.99. The SMILES string of the molecule is C=CCOc1ccc(NC(=O)c2ccc(Cl)c(S(=O)(=O)Nc3ccccc3C)c2)cc1. The van der Waals surface area contributed by atoms with Crippen LogP contribution in [0.4, 0.5) is 11.4 Å². The summed E-state index contributed by atoms with van der Waals surface area (Å²) in [5.41, 5.74) is 1.89. The maximum Gasteiger partial charge on any atom is 0.263 e. The van der Waals surface area contributed by atoms with Crippen molar-refractivity contribution < 1.29 is 17.9 Å². The van der Waals surface area contributed by atoms with Gasteiger partial charge in [-0.15, -0.1) is 0 Å². The van der Waals surface area contributed by atoms with Gasteiger partial charge in [0, 0.05) is 11.3 Å². The summed E-state index contributed by atoms with van der Waals surface area (Å²) in [7, 11) is -4.00. The average molecular weight is 457 g/mol. The maximum absolute atomic E-state index is 12.9. The molecule has 6 nitrogen and oxygen atoms in total. The Bertz CT molecular complexity index is 1210. The van der Waals surface area contributed by atoms with E-state index in [1.807, 2.05) is 6.07 Å². The van der Waals surface area contributed by atoms with Crippen LogP contribution in [0.2, 0.25) is 5.02 Å². The molecule has 31 heavy (non-hydrogen) atoms. The minimum atomic E-state index is -4.00. The number of ether oxygens (including phenoxy) is 1. The smallest absolute Gasteiger partial charge is 0.263 e. The number of aryl methyl sites for hydroxylation is 1. The van der Waals surface area contributed by atoms with Crippen LogP contribution < -0.4 is 14.8 Å². The van der Waals surface area contributed by atoms with Gasteiger partial charge in [-0.3, -0.25) is 9.52 Å². The fraction of sp³-hybridized carbons (Fsp3) is 0.0870. The zero-order valence-electron chi connectivity index (χ0n) is 16.8. The zero-order chi connectivity index (χ0) is 22.4. The van der Waals surface area contributed by atoms with Gasteiger partial charge in [-0.1, -0.05) is 42.5 Å². The summed E-state index contributed by atoms with van der Waals surface area (Å²) in [5.74, 6) is 0.170. The molecule has 160 valence electrons. The number of hydrogen-bond donors (Lipinski definition) is 2. The number of carbonyl (C=O) groups excluding carboxylic acids is 1. The molecule has 3 aromatic carbocycles. The molecular formula is C23H21ClN2O4S. The van der Waals surface area contributed by atoms with Gasteiger partial charge < -0.3 is 10.1 Å². The van der Waals surface area contributed by atoms with Crippen molar-refractivity contribution in [2.24, 2.45) is 0 Å². The molecule has 0 radical (unpaired) electrons. The second-order valence-electron chi connectivity index (χ2n) is 6.64. The summed E-state index contributed by atoms with van der Waals surface area (Å²) in [5, 5.41) is 2.74. The third-order valence-corrected chi connectivity index (χ3v) is 6.20. The highest BCUT2D eigenvalue weighted by atomic mass is 35.5. The van der Waals surface area contributed by atoms with Crippen molar-refractivity contribution in [3.63, 3.8) is 0 Å². The third kappa shape index (κ3) is 5.65. The minimum absolute atomic E-state index is 0.0151.